The largest absolute Gasteiger partial charge is 0.493 e. The highest BCUT2D eigenvalue weighted by Crippen LogP contribution is 2.41. The minimum absolute atomic E-state index is 0.0172. The van der Waals surface area contributed by atoms with Crippen molar-refractivity contribution in [2.75, 3.05) is 14.2 Å². The monoisotopic (exact) mass is 283 g/mol. The molecule has 1 N–H and O–H groups in total. The van der Waals surface area contributed by atoms with Gasteiger partial charge >= 0.3 is 0 Å². The number of hydrogen-bond acceptors (Lipinski definition) is 3. The van der Waals surface area contributed by atoms with Crippen LogP contribution in [0.5, 0.6) is 11.5 Å². The van der Waals surface area contributed by atoms with Crippen LogP contribution in [0.2, 0.25) is 0 Å². The third kappa shape index (κ3) is 2.33. The van der Waals surface area contributed by atoms with Crippen molar-refractivity contribution in [1.82, 2.24) is 5.32 Å². The Balaban J connectivity index is 2.20. The van der Waals surface area contributed by atoms with Gasteiger partial charge in [-0.2, -0.15) is 0 Å². The van der Waals surface area contributed by atoms with Crippen LogP contribution >= 0.6 is 0 Å². The van der Waals surface area contributed by atoms with Crippen molar-refractivity contribution in [3.05, 3.63) is 59.2 Å². The van der Waals surface area contributed by atoms with Crippen molar-refractivity contribution in [2.24, 2.45) is 0 Å². The van der Waals surface area contributed by atoms with Crippen molar-refractivity contribution in [2.45, 2.75) is 12.5 Å². The lowest BCUT2D eigenvalue weighted by Gasteiger charge is -2.29. The van der Waals surface area contributed by atoms with E-state index in [1.54, 1.807) is 14.2 Å². The standard InChI is InChI=1S/C17H17NO3/c1-20-13-9-8-12-10-14(19)18-16(15(12)17(13)21-2)11-6-4-3-5-7-11/h3-9,16H,10H2,1-2H3,(H,18,19). The van der Waals surface area contributed by atoms with Crippen LogP contribution in [0.15, 0.2) is 42.5 Å². The highest BCUT2D eigenvalue weighted by Gasteiger charge is 2.30. The lowest BCUT2D eigenvalue weighted by atomic mass is 9.88. The third-order valence-corrected chi connectivity index (χ3v) is 3.75. The van der Waals surface area contributed by atoms with E-state index in [2.05, 4.69) is 5.32 Å². The van der Waals surface area contributed by atoms with Gasteiger partial charge in [0.15, 0.2) is 11.5 Å². The van der Waals surface area contributed by atoms with E-state index >= 15 is 0 Å². The Morgan fingerprint density at radius 1 is 1.05 bits per heavy atom. The molecule has 0 bridgehead atoms. The topological polar surface area (TPSA) is 47.6 Å². The minimum Gasteiger partial charge on any atom is -0.493 e. The van der Waals surface area contributed by atoms with E-state index in [0.717, 1.165) is 16.7 Å². The van der Waals surface area contributed by atoms with Gasteiger partial charge in [-0.05, 0) is 17.2 Å². The van der Waals surface area contributed by atoms with Gasteiger partial charge < -0.3 is 14.8 Å². The second-order valence-corrected chi connectivity index (χ2v) is 4.96. The second-order valence-electron chi connectivity index (χ2n) is 4.96. The number of carbonyl (C=O) groups is 1. The van der Waals surface area contributed by atoms with E-state index in [-0.39, 0.29) is 11.9 Å². The molecular formula is C17H17NO3. The fourth-order valence-corrected chi connectivity index (χ4v) is 2.81. The van der Waals surface area contributed by atoms with Crippen LogP contribution in [-0.4, -0.2) is 20.1 Å². The summed E-state index contributed by atoms with van der Waals surface area (Å²) in [4.78, 5) is 12.0. The van der Waals surface area contributed by atoms with Gasteiger partial charge in [-0.1, -0.05) is 36.4 Å². The molecule has 0 saturated heterocycles. The Bertz CT molecular complexity index is 667. The van der Waals surface area contributed by atoms with Crippen LogP contribution < -0.4 is 14.8 Å². The molecule has 1 aliphatic heterocycles. The maximum absolute atomic E-state index is 12.0. The molecule has 0 aromatic heterocycles. The summed E-state index contributed by atoms with van der Waals surface area (Å²) in [5.74, 6) is 1.38. The highest BCUT2D eigenvalue weighted by atomic mass is 16.5. The summed E-state index contributed by atoms with van der Waals surface area (Å²) >= 11 is 0. The first-order valence-electron chi connectivity index (χ1n) is 6.82. The minimum atomic E-state index is -0.215. The number of hydrogen-bond donors (Lipinski definition) is 1. The number of carbonyl (C=O) groups excluding carboxylic acids is 1. The average Bonchev–Trinajstić information content (AvgIpc) is 2.53. The van der Waals surface area contributed by atoms with E-state index < -0.39 is 0 Å². The Labute approximate surface area is 123 Å². The van der Waals surface area contributed by atoms with Crippen LogP contribution in [0.4, 0.5) is 0 Å². The molecule has 0 fully saturated rings. The van der Waals surface area contributed by atoms with Gasteiger partial charge in [0.25, 0.3) is 0 Å². The molecule has 4 nitrogen and oxygen atoms in total. The Hall–Kier alpha value is -2.49. The number of nitrogens with one attached hydrogen (secondary N) is 1. The van der Waals surface area contributed by atoms with Gasteiger partial charge in [-0.25, -0.2) is 0 Å². The normalized spacial score (nSPS) is 16.9. The summed E-state index contributed by atoms with van der Waals surface area (Å²) in [7, 11) is 3.24. The molecule has 3 rings (SSSR count). The molecule has 2 aromatic rings. The van der Waals surface area contributed by atoms with Gasteiger partial charge in [-0.3, -0.25) is 4.79 Å². The number of ether oxygens (including phenoxy) is 2. The van der Waals surface area contributed by atoms with Gasteiger partial charge in [0.2, 0.25) is 5.91 Å². The molecule has 4 heteroatoms. The van der Waals surface area contributed by atoms with Crippen LogP contribution in [0.3, 0.4) is 0 Å². The Morgan fingerprint density at radius 2 is 1.81 bits per heavy atom. The smallest absolute Gasteiger partial charge is 0.225 e. The zero-order valence-electron chi connectivity index (χ0n) is 12.1. The van der Waals surface area contributed by atoms with Crippen molar-refractivity contribution in [3.8, 4) is 11.5 Å². The summed E-state index contributed by atoms with van der Waals surface area (Å²) in [6.45, 7) is 0. The summed E-state index contributed by atoms with van der Waals surface area (Å²) in [6.07, 6.45) is 0.360. The average molecular weight is 283 g/mol. The van der Waals surface area contributed by atoms with E-state index in [9.17, 15) is 4.79 Å². The lowest BCUT2D eigenvalue weighted by Crippen LogP contribution is -2.36. The number of benzene rings is 2. The number of amides is 1. The zero-order chi connectivity index (χ0) is 14.8. The Kier molecular flexibility index (Phi) is 3.52. The van der Waals surface area contributed by atoms with Crippen LogP contribution in [0, 0.1) is 0 Å². The van der Waals surface area contributed by atoms with Gasteiger partial charge in [0.05, 0.1) is 26.7 Å². The van der Waals surface area contributed by atoms with Crippen molar-refractivity contribution in [3.63, 3.8) is 0 Å². The lowest BCUT2D eigenvalue weighted by molar-refractivity contribution is -0.121. The first-order valence-corrected chi connectivity index (χ1v) is 6.82. The van der Waals surface area contributed by atoms with E-state index in [1.165, 1.54) is 0 Å². The molecule has 0 saturated carbocycles. The van der Waals surface area contributed by atoms with E-state index in [0.29, 0.717) is 17.9 Å². The number of methoxy groups -OCH3 is 2. The molecule has 2 aromatic carbocycles. The first kappa shape index (κ1) is 13.5. The van der Waals surface area contributed by atoms with Gasteiger partial charge in [-0.15, -0.1) is 0 Å². The van der Waals surface area contributed by atoms with Crippen LogP contribution in [0.1, 0.15) is 22.7 Å². The van der Waals surface area contributed by atoms with Gasteiger partial charge in [0.1, 0.15) is 0 Å². The molecule has 1 amide bonds. The van der Waals surface area contributed by atoms with Gasteiger partial charge in [0, 0.05) is 5.56 Å². The summed E-state index contributed by atoms with van der Waals surface area (Å²) in [5, 5.41) is 3.04. The highest BCUT2D eigenvalue weighted by molar-refractivity contribution is 5.83. The fourth-order valence-electron chi connectivity index (χ4n) is 2.81. The Morgan fingerprint density at radius 3 is 2.48 bits per heavy atom. The quantitative estimate of drug-likeness (QED) is 0.941. The molecule has 1 atom stereocenters. The first-order chi connectivity index (χ1) is 10.2. The fraction of sp³-hybridized carbons (Fsp3) is 0.235. The van der Waals surface area contributed by atoms with Crippen molar-refractivity contribution in [1.29, 1.82) is 0 Å². The predicted octanol–water partition coefficient (Wildman–Crippen LogP) is 2.47. The molecular weight excluding hydrogens is 266 g/mol. The van der Waals surface area contributed by atoms with E-state index in [1.807, 2.05) is 42.5 Å². The maximum atomic E-state index is 12.0. The summed E-state index contributed by atoms with van der Waals surface area (Å²) in [5.41, 5.74) is 2.98. The maximum Gasteiger partial charge on any atom is 0.225 e. The van der Waals surface area contributed by atoms with Crippen LogP contribution in [-0.2, 0) is 11.2 Å². The summed E-state index contributed by atoms with van der Waals surface area (Å²) in [6, 6.07) is 13.4. The molecule has 0 aliphatic carbocycles. The van der Waals surface area contributed by atoms with Crippen molar-refractivity contribution >= 4 is 5.91 Å². The second kappa shape index (κ2) is 5.48. The predicted molar refractivity (Wildman–Crippen MR) is 79.7 cm³/mol. The molecule has 21 heavy (non-hydrogen) atoms. The number of fused-ring (bicyclic) bond motifs is 1. The van der Waals surface area contributed by atoms with E-state index in [4.69, 9.17) is 9.47 Å². The summed E-state index contributed by atoms with van der Waals surface area (Å²) < 4.78 is 10.9. The van der Waals surface area contributed by atoms with Crippen LogP contribution in [0.25, 0.3) is 0 Å². The molecule has 1 unspecified atom stereocenters. The molecule has 1 aliphatic rings. The SMILES string of the molecule is COc1ccc2c(c1OC)C(c1ccccc1)NC(=O)C2. The molecule has 0 spiro atoms. The third-order valence-electron chi connectivity index (χ3n) is 3.75. The zero-order valence-corrected chi connectivity index (χ0v) is 12.1. The molecule has 1 heterocycles. The molecule has 0 radical (unpaired) electrons. The number of rotatable bonds is 3. The molecule has 108 valence electrons. The van der Waals surface area contributed by atoms with Crippen molar-refractivity contribution < 1.29 is 14.3 Å².